The molecule has 0 saturated carbocycles. The molecule has 1 amide bonds. The average molecular weight is 336 g/mol. The highest BCUT2D eigenvalue weighted by atomic mass is 79.9. The molecule has 4 nitrogen and oxygen atoms in total. The van der Waals surface area contributed by atoms with E-state index < -0.39 is 0 Å². The second kappa shape index (κ2) is 6.70. The summed E-state index contributed by atoms with van der Waals surface area (Å²) < 4.78 is 1.62. The van der Waals surface area contributed by atoms with Gasteiger partial charge in [0.15, 0.2) is 0 Å². The molecule has 1 aromatic heterocycles. The molecule has 0 aliphatic rings. The van der Waals surface area contributed by atoms with Gasteiger partial charge in [-0.25, -0.2) is 0 Å². The molecule has 0 fully saturated rings. The van der Waals surface area contributed by atoms with E-state index in [0.29, 0.717) is 5.69 Å². The van der Waals surface area contributed by atoms with Crippen molar-refractivity contribution in [1.82, 2.24) is 9.78 Å². The highest BCUT2D eigenvalue weighted by Crippen LogP contribution is 2.13. The van der Waals surface area contributed by atoms with Crippen molar-refractivity contribution in [2.45, 2.75) is 19.8 Å². The first-order valence-corrected chi connectivity index (χ1v) is 7.75. The largest absolute Gasteiger partial charge is 0.321 e. The summed E-state index contributed by atoms with van der Waals surface area (Å²) in [5.41, 5.74) is 3.54. The van der Waals surface area contributed by atoms with Gasteiger partial charge in [-0.15, -0.1) is 0 Å². The van der Waals surface area contributed by atoms with Crippen LogP contribution >= 0.6 is 15.9 Å². The number of carbonyl (C=O) groups excluding carboxylic acids is 1. The molecular weight excluding hydrogens is 318 g/mol. The number of hydrogen-bond donors (Lipinski definition) is 1. The van der Waals surface area contributed by atoms with Gasteiger partial charge in [0.25, 0.3) is 5.91 Å². The van der Waals surface area contributed by atoms with Crippen LogP contribution in [-0.2, 0) is 19.9 Å². The van der Waals surface area contributed by atoms with Crippen LogP contribution in [0.5, 0.6) is 0 Å². The van der Waals surface area contributed by atoms with Crippen LogP contribution in [0.2, 0.25) is 0 Å². The SMILES string of the molecule is CCc1cc(C(=O)Nc2ccc(CCBr)cc2)n(C)n1. The first-order chi connectivity index (χ1) is 9.63. The van der Waals surface area contributed by atoms with Crippen LogP contribution in [0.15, 0.2) is 30.3 Å². The third kappa shape index (κ3) is 3.48. The zero-order chi connectivity index (χ0) is 14.5. The second-order valence-corrected chi connectivity index (χ2v) is 5.38. The zero-order valence-electron chi connectivity index (χ0n) is 11.7. The minimum Gasteiger partial charge on any atom is -0.321 e. The van der Waals surface area contributed by atoms with Crippen molar-refractivity contribution in [2.75, 3.05) is 10.6 Å². The van der Waals surface area contributed by atoms with Gasteiger partial charge in [-0.05, 0) is 36.6 Å². The van der Waals surface area contributed by atoms with Crippen molar-refractivity contribution >= 4 is 27.5 Å². The summed E-state index contributed by atoms with van der Waals surface area (Å²) in [6.45, 7) is 2.02. The quantitative estimate of drug-likeness (QED) is 0.853. The fourth-order valence-electron chi connectivity index (χ4n) is 1.97. The Kier molecular flexibility index (Phi) is 4.95. The molecule has 0 saturated heterocycles. The molecule has 0 atom stereocenters. The number of carbonyl (C=O) groups is 1. The summed E-state index contributed by atoms with van der Waals surface area (Å²) in [4.78, 5) is 12.2. The Morgan fingerprint density at radius 1 is 1.35 bits per heavy atom. The summed E-state index contributed by atoms with van der Waals surface area (Å²) in [6, 6.07) is 9.73. The van der Waals surface area contributed by atoms with Gasteiger partial charge in [-0.1, -0.05) is 35.0 Å². The van der Waals surface area contributed by atoms with E-state index in [2.05, 4.69) is 26.3 Å². The first-order valence-electron chi connectivity index (χ1n) is 6.63. The number of halogens is 1. The maximum Gasteiger partial charge on any atom is 0.273 e. The number of rotatable bonds is 5. The maximum absolute atomic E-state index is 12.2. The van der Waals surface area contributed by atoms with Crippen LogP contribution in [0.3, 0.4) is 0 Å². The molecule has 106 valence electrons. The predicted octanol–water partition coefficient (Wildman–Crippen LogP) is 3.17. The number of benzene rings is 1. The normalized spacial score (nSPS) is 10.6. The number of anilines is 1. The van der Waals surface area contributed by atoms with Gasteiger partial charge in [-0.3, -0.25) is 9.48 Å². The molecule has 0 aliphatic carbocycles. The Bertz CT molecular complexity index is 590. The highest BCUT2D eigenvalue weighted by molar-refractivity contribution is 9.09. The van der Waals surface area contributed by atoms with Crippen molar-refractivity contribution in [1.29, 1.82) is 0 Å². The van der Waals surface area contributed by atoms with E-state index >= 15 is 0 Å². The molecule has 0 spiro atoms. The van der Waals surface area contributed by atoms with E-state index in [0.717, 1.165) is 29.6 Å². The molecular formula is C15H18BrN3O. The van der Waals surface area contributed by atoms with Crippen LogP contribution in [-0.4, -0.2) is 21.0 Å². The summed E-state index contributed by atoms with van der Waals surface area (Å²) in [7, 11) is 1.78. The van der Waals surface area contributed by atoms with E-state index in [1.54, 1.807) is 11.7 Å². The molecule has 20 heavy (non-hydrogen) atoms. The molecule has 1 heterocycles. The minimum atomic E-state index is -0.132. The van der Waals surface area contributed by atoms with E-state index in [1.165, 1.54) is 5.56 Å². The topological polar surface area (TPSA) is 46.9 Å². The third-order valence-corrected chi connectivity index (χ3v) is 3.52. The van der Waals surface area contributed by atoms with E-state index in [9.17, 15) is 4.79 Å². The van der Waals surface area contributed by atoms with Gasteiger partial charge in [0.05, 0.1) is 5.69 Å². The molecule has 1 aromatic carbocycles. The maximum atomic E-state index is 12.2. The monoisotopic (exact) mass is 335 g/mol. The lowest BCUT2D eigenvalue weighted by Crippen LogP contribution is -2.16. The lowest BCUT2D eigenvalue weighted by Gasteiger charge is -2.06. The Labute approximate surface area is 127 Å². The molecule has 0 unspecified atom stereocenters. The zero-order valence-corrected chi connectivity index (χ0v) is 13.3. The molecule has 2 aromatic rings. The molecule has 1 N–H and O–H groups in total. The Balaban J connectivity index is 2.08. The van der Waals surface area contributed by atoms with E-state index in [-0.39, 0.29) is 5.91 Å². The molecule has 2 rings (SSSR count). The summed E-state index contributed by atoms with van der Waals surface area (Å²) in [6.07, 6.45) is 1.80. The summed E-state index contributed by atoms with van der Waals surface area (Å²) in [5, 5.41) is 8.11. The van der Waals surface area contributed by atoms with Gasteiger partial charge in [0.2, 0.25) is 0 Å². The van der Waals surface area contributed by atoms with Gasteiger partial charge >= 0.3 is 0 Å². The first kappa shape index (κ1) is 14.8. The summed E-state index contributed by atoms with van der Waals surface area (Å²) in [5.74, 6) is -0.132. The number of nitrogens with zero attached hydrogens (tertiary/aromatic N) is 2. The Hall–Kier alpha value is -1.62. The van der Waals surface area contributed by atoms with Crippen molar-refractivity contribution in [3.63, 3.8) is 0 Å². The van der Waals surface area contributed by atoms with Crippen LogP contribution in [0.1, 0.15) is 28.7 Å². The number of amides is 1. The Morgan fingerprint density at radius 3 is 2.60 bits per heavy atom. The number of aryl methyl sites for hydroxylation is 3. The van der Waals surface area contributed by atoms with E-state index in [1.807, 2.05) is 37.3 Å². The second-order valence-electron chi connectivity index (χ2n) is 4.59. The lowest BCUT2D eigenvalue weighted by molar-refractivity contribution is 0.101. The van der Waals surface area contributed by atoms with Crippen LogP contribution < -0.4 is 5.32 Å². The van der Waals surface area contributed by atoms with Crippen molar-refractivity contribution in [3.05, 3.63) is 47.3 Å². The van der Waals surface area contributed by atoms with Crippen LogP contribution in [0, 0.1) is 0 Å². The molecule has 5 heteroatoms. The number of alkyl halides is 1. The fourth-order valence-corrected chi connectivity index (χ4v) is 2.43. The standard InChI is InChI=1S/C15H18BrN3O/c1-3-12-10-14(19(2)18-12)15(20)17-13-6-4-11(5-7-13)8-9-16/h4-7,10H,3,8-9H2,1-2H3,(H,17,20). The smallest absolute Gasteiger partial charge is 0.273 e. The van der Waals surface area contributed by atoms with Gasteiger partial charge in [-0.2, -0.15) is 5.10 Å². The number of hydrogen-bond acceptors (Lipinski definition) is 2. The third-order valence-electron chi connectivity index (χ3n) is 3.12. The predicted molar refractivity (Wildman–Crippen MR) is 84.5 cm³/mol. The lowest BCUT2D eigenvalue weighted by atomic mass is 10.1. The van der Waals surface area contributed by atoms with Crippen molar-refractivity contribution in [3.8, 4) is 0 Å². The van der Waals surface area contributed by atoms with Crippen molar-refractivity contribution in [2.24, 2.45) is 7.05 Å². The number of aromatic nitrogens is 2. The number of nitrogens with one attached hydrogen (secondary N) is 1. The van der Waals surface area contributed by atoms with E-state index in [4.69, 9.17) is 0 Å². The minimum absolute atomic E-state index is 0.132. The van der Waals surface area contributed by atoms with Crippen LogP contribution in [0.4, 0.5) is 5.69 Å². The molecule has 0 radical (unpaired) electrons. The van der Waals surface area contributed by atoms with Crippen molar-refractivity contribution < 1.29 is 4.79 Å². The van der Waals surface area contributed by atoms with Gasteiger partial charge in [0, 0.05) is 18.1 Å². The average Bonchev–Trinajstić information content (AvgIpc) is 2.83. The fraction of sp³-hybridized carbons (Fsp3) is 0.333. The van der Waals surface area contributed by atoms with Gasteiger partial charge < -0.3 is 5.32 Å². The van der Waals surface area contributed by atoms with Crippen LogP contribution in [0.25, 0.3) is 0 Å². The summed E-state index contributed by atoms with van der Waals surface area (Å²) >= 11 is 3.41. The van der Waals surface area contributed by atoms with Gasteiger partial charge in [0.1, 0.15) is 5.69 Å². The Morgan fingerprint density at radius 2 is 2.05 bits per heavy atom. The molecule has 0 aliphatic heterocycles. The molecule has 0 bridgehead atoms. The highest BCUT2D eigenvalue weighted by Gasteiger charge is 2.12.